The predicted molar refractivity (Wildman–Crippen MR) is 87.8 cm³/mol. The molecule has 0 bridgehead atoms. The number of carbonyl (C=O) groups excluding carboxylic acids is 1. The first-order valence-corrected chi connectivity index (χ1v) is 7.36. The SMILES string of the molecule is CC(CN)N(C)C(=O)c1ccc(COc2ccccc2)cc1. The lowest BCUT2D eigenvalue weighted by Crippen LogP contribution is -2.39. The van der Waals surface area contributed by atoms with Gasteiger partial charge >= 0.3 is 0 Å². The first kappa shape index (κ1) is 16.0. The number of ether oxygens (including phenoxy) is 1. The molecule has 1 amide bonds. The molecule has 1 unspecified atom stereocenters. The summed E-state index contributed by atoms with van der Waals surface area (Å²) in [5.41, 5.74) is 7.28. The number of likely N-dealkylation sites (N-methyl/N-ethyl adjacent to an activating group) is 1. The van der Waals surface area contributed by atoms with Crippen molar-refractivity contribution in [1.82, 2.24) is 4.90 Å². The second-order valence-corrected chi connectivity index (χ2v) is 5.30. The largest absolute Gasteiger partial charge is 0.489 e. The first-order valence-electron chi connectivity index (χ1n) is 7.36. The van der Waals surface area contributed by atoms with Crippen LogP contribution >= 0.6 is 0 Å². The average molecular weight is 298 g/mol. The van der Waals surface area contributed by atoms with Gasteiger partial charge in [-0.1, -0.05) is 30.3 Å². The lowest BCUT2D eigenvalue weighted by Gasteiger charge is -2.23. The van der Waals surface area contributed by atoms with Crippen LogP contribution < -0.4 is 10.5 Å². The summed E-state index contributed by atoms with van der Waals surface area (Å²) in [7, 11) is 1.77. The van der Waals surface area contributed by atoms with Crippen molar-refractivity contribution < 1.29 is 9.53 Å². The van der Waals surface area contributed by atoms with Crippen LogP contribution in [0.1, 0.15) is 22.8 Å². The fraction of sp³-hybridized carbons (Fsp3) is 0.278. The third-order valence-electron chi connectivity index (χ3n) is 3.67. The van der Waals surface area contributed by atoms with Crippen molar-refractivity contribution in [1.29, 1.82) is 0 Å². The van der Waals surface area contributed by atoms with Crippen molar-refractivity contribution in [3.05, 3.63) is 65.7 Å². The molecule has 0 saturated heterocycles. The fourth-order valence-electron chi connectivity index (χ4n) is 1.99. The molecule has 4 heteroatoms. The van der Waals surface area contributed by atoms with Crippen LogP contribution in [-0.2, 0) is 6.61 Å². The van der Waals surface area contributed by atoms with Gasteiger partial charge in [-0.25, -0.2) is 0 Å². The highest BCUT2D eigenvalue weighted by Gasteiger charge is 2.16. The van der Waals surface area contributed by atoms with Crippen molar-refractivity contribution >= 4 is 5.91 Å². The van der Waals surface area contributed by atoms with Gasteiger partial charge < -0.3 is 15.4 Å². The molecule has 1 atom stereocenters. The van der Waals surface area contributed by atoms with Crippen molar-refractivity contribution in [2.24, 2.45) is 5.73 Å². The number of carbonyl (C=O) groups is 1. The van der Waals surface area contributed by atoms with E-state index in [1.165, 1.54) is 0 Å². The van der Waals surface area contributed by atoms with E-state index in [-0.39, 0.29) is 11.9 Å². The molecule has 0 spiro atoms. The van der Waals surface area contributed by atoms with E-state index in [0.717, 1.165) is 11.3 Å². The predicted octanol–water partition coefficient (Wildman–Crippen LogP) is 2.68. The molecule has 2 aromatic carbocycles. The number of nitrogens with zero attached hydrogens (tertiary/aromatic N) is 1. The number of benzene rings is 2. The Morgan fingerprint density at radius 2 is 1.77 bits per heavy atom. The highest BCUT2D eigenvalue weighted by atomic mass is 16.5. The van der Waals surface area contributed by atoms with Crippen LogP contribution in [0, 0.1) is 0 Å². The zero-order valence-electron chi connectivity index (χ0n) is 13.0. The third kappa shape index (κ3) is 4.09. The van der Waals surface area contributed by atoms with Gasteiger partial charge in [0.25, 0.3) is 5.91 Å². The molecule has 2 aromatic rings. The Morgan fingerprint density at radius 1 is 1.14 bits per heavy atom. The van der Waals surface area contributed by atoms with Crippen molar-refractivity contribution in [2.75, 3.05) is 13.6 Å². The van der Waals surface area contributed by atoms with Gasteiger partial charge in [-0.05, 0) is 36.8 Å². The van der Waals surface area contributed by atoms with Crippen molar-refractivity contribution in [3.63, 3.8) is 0 Å². The molecular formula is C18H22N2O2. The summed E-state index contributed by atoms with van der Waals surface area (Å²) in [6.45, 7) is 2.86. The van der Waals surface area contributed by atoms with E-state index in [4.69, 9.17) is 10.5 Å². The van der Waals surface area contributed by atoms with Gasteiger partial charge in [-0.2, -0.15) is 0 Å². The smallest absolute Gasteiger partial charge is 0.253 e. The maximum Gasteiger partial charge on any atom is 0.253 e. The van der Waals surface area contributed by atoms with Crippen LogP contribution in [-0.4, -0.2) is 30.4 Å². The summed E-state index contributed by atoms with van der Waals surface area (Å²) in [6, 6.07) is 17.2. The number of nitrogens with two attached hydrogens (primary N) is 1. The maximum atomic E-state index is 12.3. The number of amides is 1. The summed E-state index contributed by atoms with van der Waals surface area (Å²) in [5.74, 6) is 0.813. The van der Waals surface area contributed by atoms with E-state index in [0.29, 0.717) is 18.7 Å². The minimum absolute atomic E-state index is 0.0199. The molecule has 22 heavy (non-hydrogen) atoms. The molecule has 0 aliphatic heterocycles. The van der Waals surface area contributed by atoms with Gasteiger partial charge in [0.2, 0.25) is 0 Å². The Balaban J connectivity index is 1.97. The maximum absolute atomic E-state index is 12.3. The van der Waals surface area contributed by atoms with E-state index in [2.05, 4.69) is 0 Å². The standard InChI is InChI=1S/C18H22N2O2/c1-14(12-19)20(2)18(21)16-10-8-15(9-11-16)13-22-17-6-4-3-5-7-17/h3-11,14H,12-13,19H2,1-2H3. The van der Waals surface area contributed by atoms with E-state index >= 15 is 0 Å². The van der Waals surface area contributed by atoms with E-state index in [9.17, 15) is 4.79 Å². The molecular weight excluding hydrogens is 276 g/mol. The zero-order chi connectivity index (χ0) is 15.9. The molecule has 0 aliphatic carbocycles. The summed E-state index contributed by atoms with van der Waals surface area (Å²) in [6.07, 6.45) is 0. The average Bonchev–Trinajstić information content (AvgIpc) is 2.59. The summed E-state index contributed by atoms with van der Waals surface area (Å²) in [5, 5.41) is 0. The van der Waals surface area contributed by atoms with Crippen LogP contribution in [0.5, 0.6) is 5.75 Å². The highest BCUT2D eigenvalue weighted by Crippen LogP contribution is 2.13. The summed E-state index contributed by atoms with van der Waals surface area (Å²) >= 11 is 0. The molecule has 0 aromatic heterocycles. The minimum atomic E-state index is -0.0199. The second kappa shape index (κ2) is 7.61. The van der Waals surface area contributed by atoms with Gasteiger partial charge in [-0.3, -0.25) is 4.79 Å². The van der Waals surface area contributed by atoms with Crippen LogP contribution in [0.4, 0.5) is 0 Å². The molecule has 2 rings (SSSR count). The number of para-hydroxylation sites is 1. The van der Waals surface area contributed by atoms with Crippen molar-refractivity contribution in [2.45, 2.75) is 19.6 Å². The summed E-state index contributed by atoms with van der Waals surface area (Å²) in [4.78, 5) is 13.9. The van der Waals surface area contributed by atoms with E-state index < -0.39 is 0 Å². The lowest BCUT2D eigenvalue weighted by molar-refractivity contribution is 0.0748. The van der Waals surface area contributed by atoms with Crippen molar-refractivity contribution in [3.8, 4) is 5.75 Å². The second-order valence-electron chi connectivity index (χ2n) is 5.30. The van der Waals surface area contributed by atoms with Gasteiger partial charge in [0, 0.05) is 25.2 Å². The van der Waals surface area contributed by atoms with E-state index in [1.807, 2.05) is 61.5 Å². The monoisotopic (exact) mass is 298 g/mol. The third-order valence-corrected chi connectivity index (χ3v) is 3.67. The van der Waals surface area contributed by atoms with Gasteiger partial charge in [0.15, 0.2) is 0 Å². The van der Waals surface area contributed by atoms with E-state index in [1.54, 1.807) is 11.9 Å². The highest BCUT2D eigenvalue weighted by molar-refractivity contribution is 5.94. The van der Waals surface area contributed by atoms with Crippen LogP contribution in [0.3, 0.4) is 0 Å². The normalized spacial score (nSPS) is 11.8. The molecule has 0 heterocycles. The van der Waals surface area contributed by atoms with Crippen LogP contribution in [0.15, 0.2) is 54.6 Å². The number of rotatable bonds is 6. The minimum Gasteiger partial charge on any atom is -0.489 e. The van der Waals surface area contributed by atoms with Crippen LogP contribution in [0.25, 0.3) is 0 Å². The quantitative estimate of drug-likeness (QED) is 0.892. The first-order chi connectivity index (χ1) is 10.6. The molecule has 0 saturated carbocycles. The zero-order valence-corrected chi connectivity index (χ0v) is 13.0. The fourth-order valence-corrected chi connectivity index (χ4v) is 1.99. The Kier molecular flexibility index (Phi) is 5.55. The molecule has 2 N–H and O–H groups in total. The Bertz CT molecular complexity index is 596. The lowest BCUT2D eigenvalue weighted by atomic mass is 10.1. The van der Waals surface area contributed by atoms with Gasteiger partial charge in [0.05, 0.1) is 0 Å². The Morgan fingerprint density at radius 3 is 2.36 bits per heavy atom. The molecule has 0 aliphatic rings. The Hall–Kier alpha value is -2.33. The molecule has 116 valence electrons. The molecule has 0 radical (unpaired) electrons. The van der Waals surface area contributed by atoms with Crippen LogP contribution in [0.2, 0.25) is 0 Å². The molecule has 0 fully saturated rings. The number of hydrogen-bond donors (Lipinski definition) is 1. The molecule has 4 nitrogen and oxygen atoms in total. The summed E-state index contributed by atoms with van der Waals surface area (Å²) < 4.78 is 5.68. The van der Waals surface area contributed by atoms with Gasteiger partial charge in [-0.15, -0.1) is 0 Å². The Labute approximate surface area is 131 Å². The number of hydrogen-bond acceptors (Lipinski definition) is 3. The topological polar surface area (TPSA) is 55.6 Å². The van der Waals surface area contributed by atoms with Gasteiger partial charge in [0.1, 0.15) is 12.4 Å².